The smallest absolute Gasteiger partial charge is 0.319 e. The van der Waals surface area contributed by atoms with Crippen LogP contribution >= 0.6 is 22.9 Å². The molecule has 4 aromatic rings. The third-order valence-corrected chi connectivity index (χ3v) is 11.9. The molecule has 4 aliphatic heterocycles. The van der Waals surface area contributed by atoms with E-state index < -0.39 is 30.0 Å². The number of aromatic nitrogens is 2. The van der Waals surface area contributed by atoms with Gasteiger partial charge in [-0.3, -0.25) is 4.90 Å². The summed E-state index contributed by atoms with van der Waals surface area (Å²) in [6, 6.07) is 3.87. The molecule has 3 unspecified atom stereocenters. The topological polar surface area (TPSA) is 101 Å². The molecular weight excluding hydrogens is 656 g/mol. The van der Waals surface area contributed by atoms with Gasteiger partial charge in [0, 0.05) is 42.4 Å². The molecule has 4 atom stereocenters. The van der Waals surface area contributed by atoms with Crippen molar-refractivity contribution in [3.8, 4) is 29.0 Å². The maximum Gasteiger partial charge on any atom is 0.319 e. The average Bonchev–Trinajstić information content (AvgIpc) is 3.78. The Morgan fingerprint density at radius 1 is 1.23 bits per heavy atom. The van der Waals surface area contributed by atoms with Gasteiger partial charge >= 0.3 is 6.01 Å². The van der Waals surface area contributed by atoms with Gasteiger partial charge in [-0.15, -0.1) is 11.3 Å². The molecule has 47 heavy (non-hydrogen) atoms. The Labute approximate surface area is 277 Å². The van der Waals surface area contributed by atoms with E-state index in [1.165, 1.54) is 12.1 Å². The number of rotatable bonds is 5. The Hall–Kier alpha value is -3.60. The highest BCUT2D eigenvalue weighted by atomic mass is 35.5. The molecule has 8 nitrogen and oxygen atoms in total. The van der Waals surface area contributed by atoms with Crippen LogP contribution in [0.1, 0.15) is 44.6 Å². The highest BCUT2D eigenvalue weighted by Crippen LogP contribution is 2.52. The summed E-state index contributed by atoms with van der Waals surface area (Å²) in [5.74, 6) is -1.57. The first-order valence-corrected chi connectivity index (χ1v) is 17.0. The molecule has 3 fully saturated rings. The van der Waals surface area contributed by atoms with Crippen LogP contribution in [0.15, 0.2) is 12.1 Å². The molecule has 8 rings (SSSR count). The van der Waals surface area contributed by atoms with Crippen molar-refractivity contribution in [2.75, 3.05) is 43.5 Å². The van der Waals surface area contributed by atoms with E-state index in [0.717, 1.165) is 43.7 Å². The number of nitrogens with two attached hydrogens (primary N) is 1. The predicted octanol–water partition coefficient (Wildman–Crippen LogP) is 7.39. The van der Waals surface area contributed by atoms with E-state index in [9.17, 15) is 18.4 Å². The van der Waals surface area contributed by atoms with Gasteiger partial charge in [-0.25, -0.2) is 17.6 Å². The van der Waals surface area contributed by atoms with Crippen LogP contribution in [0.2, 0.25) is 5.02 Å². The van der Waals surface area contributed by atoms with Gasteiger partial charge in [0.2, 0.25) is 6.43 Å². The molecule has 0 saturated carbocycles. The van der Waals surface area contributed by atoms with Crippen LogP contribution in [-0.2, 0) is 0 Å². The van der Waals surface area contributed by atoms with E-state index in [0.29, 0.717) is 12.5 Å². The fraction of sp³-hybridized carbons (Fsp3) is 0.485. The fourth-order valence-electron chi connectivity index (χ4n) is 8.50. The summed E-state index contributed by atoms with van der Waals surface area (Å²) in [7, 11) is 0. The summed E-state index contributed by atoms with van der Waals surface area (Å²) < 4.78 is 73.0. The largest absolute Gasteiger partial charge is 0.491 e. The predicted molar refractivity (Wildman–Crippen MR) is 173 cm³/mol. The molecule has 2 aromatic carbocycles. The number of benzene rings is 2. The number of alkyl halides is 2. The summed E-state index contributed by atoms with van der Waals surface area (Å²) in [5.41, 5.74) is 5.76. The van der Waals surface area contributed by atoms with E-state index >= 15 is 4.39 Å². The number of nitrogens with zero attached hydrogens (tertiary/aromatic N) is 5. The lowest BCUT2D eigenvalue weighted by atomic mass is 9.92. The van der Waals surface area contributed by atoms with Crippen molar-refractivity contribution in [2.24, 2.45) is 11.8 Å². The van der Waals surface area contributed by atoms with Gasteiger partial charge in [0.15, 0.2) is 11.6 Å². The number of hydrogen-bond acceptors (Lipinski definition) is 9. The lowest BCUT2D eigenvalue weighted by molar-refractivity contribution is 0.0681. The number of anilines is 2. The number of nitrogen functional groups attached to an aromatic ring is 1. The number of halogens is 5. The normalized spacial score (nSPS) is 25.6. The van der Waals surface area contributed by atoms with Crippen molar-refractivity contribution < 1.29 is 27.0 Å². The van der Waals surface area contributed by atoms with Crippen molar-refractivity contribution in [1.29, 1.82) is 5.26 Å². The lowest BCUT2D eigenvalue weighted by Crippen LogP contribution is -2.43. The van der Waals surface area contributed by atoms with E-state index in [1.807, 2.05) is 6.07 Å². The van der Waals surface area contributed by atoms with Gasteiger partial charge in [-0.05, 0) is 49.8 Å². The van der Waals surface area contributed by atoms with Crippen LogP contribution in [0.25, 0.3) is 32.1 Å². The van der Waals surface area contributed by atoms with Crippen molar-refractivity contribution in [2.45, 2.75) is 57.0 Å². The Bertz CT molecular complexity index is 1990. The SMILES string of the molecule is C[C@H]1CN2CCCC2(COc2nc3c4c(c(Cl)c(-c5ccc(F)c6sc(N)c(C#N)c56)c(F)c4n2)OCCC2C(C(F)F)CCN32)C1. The summed E-state index contributed by atoms with van der Waals surface area (Å²) in [5, 5.41) is 10.2. The molecule has 0 bridgehead atoms. The van der Waals surface area contributed by atoms with Gasteiger partial charge in [-0.1, -0.05) is 24.6 Å². The molecule has 246 valence electrons. The minimum absolute atomic E-state index is 0.00941. The Morgan fingerprint density at radius 3 is 2.85 bits per heavy atom. The third kappa shape index (κ3) is 4.62. The highest BCUT2D eigenvalue weighted by molar-refractivity contribution is 7.23. The van der Waals surface area contributed by atoms with Gasteiger partial charge in [0.05, 0.1) is 32.8 Å². The molecule has 14 heteroatoms. The maximum absolute atomic E-state index is 17.1. The highest BCUT2D eigenvalue weighted by Gasteiger charge is 2.48. The van der Waals surface area contributed by atoms with Crippen LogP contribution < -0.4 is 20.1 Å². The van der Waals surface area contributed by atoms with Crippen molar-refractivity contribution >= 4 is 54.7 Å². The number of hydrogen-bond donors (Lipinski definition) is 1. The van der Waals surface area contributed by atoms with Crippen LogP contribution in [0, 0.1) is 34.8 Å². The van der Waals surface area contributed by atoms with Crippen LogP contribution in [0.4, 0.5) is 28.4 Å². The quantitative estimate of drug-likeness (QED) is 0.217. The second kappa shape index (κ2) is 11.2. The minimum atomic E-state index is -2.55. The molecule has 4 aliphatic rings. The molecule has 2 N–H and O–H groups in total. The van der Waals surface area contributed by atoms with Crippen LogP contribution in [-0.4, -0.2) is 65.7 Å². The molecule has 0 radical (unpaired) electrons. The van der Waals surface area contributed by atoms with E-state index in [1.54, 1.807) is 4.90 Å². The fourth-order valence-corrected chi connectivity index (χ4v) is 9.78. The molecule has 2 aromatic heterocycles. The molecule has 0 aliphatic carbocycles. The zero-order valence-electron chi connectivity index (χ0n) is 25.5. The maximum atomic E-state index is 17.1. The summed E-state index contributed by atoms with van der Waals surface area (Å²) in [4.78, 5) is 13.6. The molecule has 0 amide bonds. The second-order valence-electron chi connectivity index (χ2n) is 13.2. The van der Waals surface area contributed by atoms with Crippen molar-refractivity contribution in [1.82, 2.24) is 14.9 Å². The zero-order valence-corrected chi connectivity index (χ0v) is 27.0. The van der Waals surface area contributed by atoms with Gasteiger partial charge in [0.25, 0.3) is 0 Å². The van der Waals surface area contributed by atoms with E-state index in [4.69, 9.17) is 31.8 Å². The molecule has 0 spiro atoms. The van der Waals surface area contributed by atoms with Gasteiger partial charge in [0.1, 0.15) is 34.8 Å². The Kier molecular flexibility index (Phi) is 7.35. The van der Waals surface area contributed by atoms with Crippen molar-refractivity contribution in [3.63, 3.8) is 0 Å². The number of ether oxygens (including phenoxy) is 2. The summed E-state index contributed by atoms with van der Waals surface area (Å²) >= 11 is 7.88. The number of nitriles is 1. The molecular formula is C33H31ClF4N6O2S. The summed E-state index contributed by atoms with van der Waals surface area (Å²) in [6.07, 6.45) is 0.897. The Morgan fingerprint density at radius 2 is 2.06 bits per heavy atom. The standard InChI is InChI=1S/C33H31ClF4N6O2S/c1-15-11-33(7-2-8-43(33)13-15)14-46-32-41-26-23-27(45-10-6-20-16(29(37)38)5-9-44(20)31(23)42-32)24(34)22(25(26)36)17-3-4-19(35)28-21(17)18(12-39)30(40)47-28/h3-4,15-16,20,29H,2,5-11,13-14,40H2,1H3/t15-,16?,20?,33?/m1/s1. The first-order chi connectivity index (χ1) is 22.6. The number of thiophene rings is 1. The zero-order chi connectivity index (χ0) is 32.8. The third-order valence-electron chi connectivity index (χ3n) is 10.5. The first kappa shape index (κ1) is 30.7. The van der Waals surface area contributed by atoms with Gasteiger partial charge in [-0.2, -0.15) is 15.2 Å². The molecule has 6 heterocycles. The van der Waals surface area contributed by atoms with Crippen LogP contribution in [0.5, 0.6) is 11.8 Å². The van der Waals surface area contributed by atoms with Crippen molar-refractivity contribution in [3.05, 3.63) is 34.4 Å². The van der Waals surface area contributed by atoms with Crippen LogP contribution in [0.3, 0.4) is 0 Å². The minimum Gasteiger partial charge on any atom is -0.491 e. The van der Waals surface area contributed by atoms with E-state index in [-0.39, 0.29) is 96.8 Å². The Balaban J connectivity index is 1.35. The second-order valence-corrected chi connectivity index (χ2v) is 14.6. The monoisotopic (exact) mass is 686 g/mol. The summed E-state index contributed by atoms with van der Waals surface area (Å²) in [6.45, 7) is 4.77. The molecule has 3 saturated heterocycles. The number of fused-ring (bicyclic) bond motifs is 4. The van der Waals surface area contributed by atoms with Gasteiger partial charge < -0.3 is 20.1 Å². The average molecular weight is 687 g/mol. The first-order valence-electron chi connectivity index (χ1n) is 15.8. The lowest BCUT2D eigenvalue weighted by Gasteiger charge is -2.33. The van der Waals surface area contributed by atoms with E-state index in [2.05, 4.69) is 16.8 Å².